The van der Waals surface area contributed by atoms with Crippen molar-refractivity contribution in [3.05, 3.63) is 60.2 Å². The smallest absolute Gasteiger partial charge is 0.237 e. The van der Waals surface area contributed by atoms with Crippen LogP contribution in [-0.4, -0.2) is 31.4 Å². The van der Waals surface area contributed by atoms with Gasteiger partial charge in [-0.2, -0.15) is 4.68 Å². The van der Waals surface area contributed by atoms with E-state index in [-0.39, 0.29) is 11.2 Å². The van der Waals surface area contributed by atoms with Crippen LogP contribution < -0.4 is 5.32 Å². The molecule has 0 aliphatic carbocycles. The minimum Gasteiger partial charge on any atom is -0.325 e. The number of fused-ring (bicyclic) bond motifs is 1. The van der Waals surface area contributed by atoms with E-state index in [1.54, 1.807) is 4.68 Å². The summed E-state index contributed by atoms with van der Waals surface area (Å²) in [7, 11) is 0. The van der Waals surface area contributed by atoms with Gasteiger partial charge in [0.15, 0.2) is 0 Å². The Kier molecular flexibility index (Phi) is 4.00. The van der Waals surface area contributed by atoms with Crippen LogP contribution in [0.3, 0.4) is 0 Å². The van der Waals surface area contributed by atoms with Gasteiger partial charge in [-0.15, -0.1) is 5.10 Å². The van der Waals surface area contributed by atoms with Crippen molar-refractivity contribution in [3.63, 3.8) is 0 Å². The van der Waals surface area contributed by atoms with Crippen LogP contribution in [0.25, 0.3) is 5.69 Å². The van der Waals surface area contributed by atoms with E-state index in [4.69, 9.17) is 0 Å². The number of rotatable bonds is 3. The van der Waals surface area contributed by atoms with Crippen LogP contribution in [0.2, 0.25) is 0 Å². The number of aromatic nitrogens is 4. The first-order valence-electron chi connectivity index (χ1n) is 7.70. The van der Waals surface area contributed by atoms with Crippen LogP contribution in [0.15, 0.2) is 59.8 Å². The molecule has 1 amide bonds. The van der Waals surface area contributed by atoms with Gasteiger partial charge in [-0.3, -0.25) is 4.79 Å². The second kappa shape index (κ2) is 6.45. The Bertz CT molecular complexity index is 864. The van der Waals surface area contributed by atoms with Gasteiger partial charge in [0.05, 0.1) is 10.9 Å². The Morgan fingerprint density at radius 3 is 2.75 bits per heavy atom. The van der Waals surface area contributed by atoms with Crippen LogP contribution in [0.5, 0.6) is 0 Å². The van der Waals surface area contributed by atoms with Gasteiger partial charge >= 0.3 is 0 Å². The summed E-state index contributed by atoms with van der Waals surface area (Å²) in [5.74, 6) is -0.00689. The molecule has 120 valence electrons. The maximum Gasteiger partial charge on any atom is 0.237 e. The van der Waals surface area contributed by atoms with Crippen molar-refractivity contribution in [2.75, 3.05) is 5.32 Å². The monoisotopic (exact) mass is 337 g/mol. The molecule has 0 spiro atoms. The lowest BCUT2D eigenvalue weighted by Gasteiger charge is -2.12. The predicted octanol–water partition coefficient (Wildman–Crippen LogP) is 2.71. The first-order chi connectivity index (χ1) is 11.8. The number of thioether (sulfide) groups is 1. The molecule has 3 aromatic rings. The molecule has 7 heteroatoms. The second-order valence-electron chi connectivity index (χ2n) is 5.50. The number of tetrazole rings is 1. The summed E-state index contributed by atoms with van der Waals surface area (Å²) in [5, 5.41) is 15.3. The molecule has 0 radical (unpaired) electrons. The number of hydrogen-bond donors (Lipinski definition) is 1. The van der Waals surface area contributed by atoms with Crippen LogP contribution in [0.4, 0.5) is 5.69 Å². The van der Waals surface area contributed by atoms with Crippen LogP contribution >= 0.6 is 11.8 Å². The fourth-order valence-electron chi connectivity index (χ4n) is 2.71. The molecule has 0 unspecified atom stereocenters. The quantitative estimate of drug-likeness (QED) is 0.795. The molecule has 1 aliphatic rings. The second-order valence-corrected chi connectivity index (χ2v) is 6.67. The molecule has 2 aromatic carbocycles. The largest absolute Gasteiger partial charge is 0.325 e. The summed E-state index contributed by atoms with van der Waals surface area (Å²) in [5.41, 5.74) is 2.94. The number of amides is 1. The van der Waals surface area contributed by atoms with E-state index in [1.165, 1.54) is 11.8 Å². The van der Waals surface area contributed by atoms with Crippen molar-refractivity contribution < 1.29 is 4.79 Å². The molecule has 2 heterocycles. The van der Waals surface area contributed by atoms with Gasteiger partial charge in [0, 0.05) is 5.69 Å². The molecule has 1 N–H and O–H groups in total. The van der Waals surface area contributed by atoms with Gasteiger partial charge in [0.2, 0.25) is 11.1 Å². The molecule has 4 rings (SSSR count). The number of para-hydroxylation sites is 2. The topological polar surface area (TPSA) is 72.7 Å². The highest BCUT2D eigenvalue weighted by atomic mass is 32.2. The molecular weight excluding hydrogens is 322 g/mol. The summed E-state index contributed by atoms with van der Waals surface area (Å²) >= 11 is 1.40. The van der Waals surface area contributed by atoms with E-state index in [0.29, 0.717) is 5.16 Å². The van der Waals surface area contributed by atoms with E-state index in [9.17, 15) is 4.79 Å². The maximum absolute atomic E-state index is 12.5. The molecule has 1 atom stereocenters. The first-order valence-corrected chi connectivity index (χ1v) is 8.58. The van der Waals surface area contributed by atoms with Gasteiger partial charge < -0.3 is 5.32 Å². The average molecular weight is 337 g/mol. The van der Waals surface area contributed by atoms with Gasteiger partial charge in [-0.1, -0.05) is 48.2 Å². The Morgan fingerprint density at radius 2 is 1.88 bits per heavy atom. The van der Waals surface area contributed by atoms with Gasteiger partial charge in [0.1, 0.15) is 0 Å². The Morgan fingerprint density at radius 1 is 1.08 bits per heavy atom. The average Bonchev–Trinajstić information content (AvgIpc) is 3.02. The zero-order valence-corrected chi connectivity index (χ0v) is 13.6. The van der Waals surface area contributed by atoms with E-state index >= 15 is 0 Å². The Hall–Kier alpha value is -2.67. The van der Waals surface area contributed by atoms with Crippen molar-refractivity contribution in [1.82, 2.24) is 20.2 Å². The van der Waals surface area contributed by atoms with Crippen molar-refractivity contribution in [3.8, 4) is 5.69 Å². The predicted molar refractivity (Wildman–Crippen MR) is 92.2 cm³/mol. The molecule has 1 aliphatic heterocycles. The van der Waals surface area contributed by atoms with E-state index in [1.807, 2.05) is 48.5 Å². The minimum absolute atomic E-state index is 0.00689. The molecule has 24 heavy (non-hydrogen) atoms. The zero-order valence-electron chi connectivity index (χ0n) is 12.8. The standard InChI is InChI=1S/C17H15N5OS/c23-16-15(11-10-12-6-4-5-9-14(12)18-16)24-17-19-20-21-22(17)13-7-2-1-3-8-13/h1-9,15H,10-11H2,(H,18,23)/t15-/m1/s1. The highest BCUT2D eigenvalue weighted by Crippen LogP contribution is 2.31. The molecule has 0 saturated heterocycles. The van der Waals surface area contributed by atoms with Crippen molar-refractivity contribution in [1.29, 1.82) is 0 Å². The summed E-state index contributed by atoms with van der Waals surface area (Å²) in [4.78, 5) is 12.5. The van der Waals surface area contributed by atoms with E-state index in [2.05, 4.69) is 26.9 Å². The van der Waals surface area contributed by atoms with Crippen molar-refractivity contribution >= 4 is 23.4 Å². The number of carbonyl (C=O) groups excluding carboxylic acids is 1. The lowest BCUT2D eigenvalue weighted by molar-refractivity contribution is -0.115. The van der Waals surface area contributed by atoms with E-state index < -0.39 is 0 Å². The first kappa shape index (κ1) is 14.9. The molecule has 0 fully saturated rings. The van der Waals surface area contributed by atoms with Gasteiger partial charge in [-0.05, 0) is 47.0 Å². The van der Waals surface area contributed by atoms with Crippen molar-refractivity contribution in [2.24, 2.45) is 0 Å². The third kappa shape index (κ3) is 2.90. The minimum atomic E-state index is -0.231. The molecule has 0 saturated carbocycles. The Balaban J connectivity index is 1.57. The summed E-state index contributed by atoms with van der Waals surface area (Å²) in [6, 6.07) is 17.6. The highest BCUT2D eigenvalue weighted by Gasteiger charge is 2.26. The molecular formula is C17H15N5OS. The zero-order chi connectivity index (χ0) is 16.4. The number of aryl methyl sites for hydroxylation is 1. The van der Waals surface area contributed by atoms with Crippen LogP contribution in [0, 0.1) is 0 Å². The fraction of sp³-hybridized carbons (Fsp3) is 0.176. The summed E-state index contributed by atoms with van der Waals surface area (Å²) in [6.45, 7) is 0. The number of carbonyl (C=O) groups is 1. The number of anilines is 1. The van der Waals surface area contributed by atoms with Gasteiger partial charge in [0.25, 0.3) is 0 Å². The fourth-order valence-corrected chi connectivity index (χ4v) is 3.70. The highest BCUT2D eigenvalue weighted by molar-refractivity contribution is 8.00. The van der Waals surface area contributed by atoms with E-state index in [0.717, 1.165) is 29.8 Å². The normalized spacial score (nSPS) is 17.0. The molecule has 6 nitrogen and oxygen atoms in total. The third-order valence-electron chi connectivity index (χ3n) is 3.93. The number of nitrogens with one attached hydrogen (secondary N) is 1. The van der Waals surface area contributed by atoms with Gasteiger partial charge in [-0.25, -0.2) is 0 Å². The SMILES string of the molecule is O=C1Nc2ccccc2CC[C@H]1Sc1nnnn1-c1ccccc1. The third-order valence-corrected chi connectivity index (χ3v) is 5.13. The summed E-state index contributed by atoms with van der Waals surface area (Å²) < 4.78 is 1.66. The van der Waals surface area contributed by atoms with Crippen LogP contribution in [0.1, 0.15) is 12.0 Å². The molecule has 1 aromatic heterocycles. The Labute approximate surface area is 143 Å². The molecule has 0 bridgehead atoms. The van der Waals surface area contributed by atoms with Crippen LogP contribution in [-0.2, 0) is 11.2 Å². The van der Waals surface area contributed by atoms with Crippen molar-refractivity contribution in [2.45, 2.75) is 23.2 Å². The lowest BCUT2D eigenvalue weighted by atomic mass is 10.1. The lowest BCUT2D eigenvalue weighted by Crippen LogP contribution is -2.24. The summed E-state index contributed by atoms with van der Waals surface area (Å²) in [6.07, 6.45) is 1.59. The number of hydrogen-bond acceptors (Lipinski definition) is 5. The maximum atomic E-state index is 12.5. The number of nitrogens with zero attached hydrogens (tertiary/aromatic N) is 4. The number of benzene rings is 2.